The van der Waals surface area contributed by atoms with Gasteiger partial charge in [0.2, 0.25) is 0 Å². The summed E-state index contributed by atoms with van der Waals surface area (Å²) in [6.07, 6.45) is 7.27. The lowest BCUT2D eigenvalue weighted by molar-refractivity contribution is 0.478. The summed E-state index contributed by atoms with van der Waals surface area (Å²) in [6.45, 7) is 3.01. The van der Waals surface area contributed by atoms with Gasteiger partial charge in [0.1, 0.15) is 11.5 Å². The summed E-state index contributed by atoms with van der Waals surface area (Å²) >= 11 is 0. The van der Waals surface area contributed by atoms with Gasteiger partial charge in [0.05, 0.1) is 6.20 Å². The van der Waals surface area contributed by atoms with E-state index in [2.05, 4.69) is 35.4 Å². The monoisotopic (exact) mass is 268 g/mol. The predicted octanol–water partition coefficient (Wildman–Crippen LogP) is 3.69. The molecule has 2 aromatic rings. The number of rotatable bonds is 6. The molecule has 0 saturated heterocycles. The smallest absolute Gasteiger partial charge is 0.146 e. The lowest BCUT2D eigenvalue weighted by Crippen LogP contribution is -2.15. The van der Waals surface area contributed by atoms with Gasteiger partial charge in [0.15, 0.2) is 0 Å². The zero-order valence-electron chi connectivity index (χ0n) is 11.8. The van der Waals surface area contributed by atoms with Crippen LogP contribution in [0.25, 0.3) is 0 Å². The molecule has 1 aliphatic rings. The first-order chi connectivity index (χ1) is 9.83. The van der Waals surface area contributed by atoms with Crippen LogP contribution >= 0.6 is 0 Å². The first-order valence-electron chi connectivity index (χ1n) is 7.27. The summed E-state index contributed by atoms with van der Waals surface area (Å²) in [6, 6.07) is 11.0. The third kappa shape index (κ3) is 3.58. The minimum atomic E-state index is 0.709. The number of ether oxygens (including phenoxy) is 1. The summed E-state index contributed by atoms with van der Waals surface area (Å²) in [5, 5.41) is 3.49. The molecule has 20 heavy (non-hydrogen) atoms. The van der Waals surface area contributed by atoms with Gasteiger partial charge in [-0.05, 0) is 48.6 Å². The number of hydrogen-bond donors (Lipinski definition) is 1. The molecular weight excluding hydrogens is 248 g/mol. The van der Waals surface area contributed by atoms with Crippen LogP contribution in [0.5, 0.6) is 11.5 Å². The van der Waals surface area contributed by atoms with E-state index in [0.717, 1.165) is 24.5 Å². The molecule has 0 unspecified atom stereocenters. The van der Waals surface area contributed by atoms with Crippen molar-refractivity contribution in [1.29, 1.82) is 0 Å². The summed E-state index contributed by atoms with van der Waals surface area (Å²) in [5.41, 5.74) is 2.45. The second-order valence-electron chi connectivity index (χ2n) is 5.29. The van der Waals surface area contributed by atoms with Crippen molar-refractivity contribution in [3.05, 3.63) is 53.9 Å². The molecule has 1 aromatic heterocycles. The lowest BCUT2D eigenvalue weighted by atomic mass is 10.2. The first-order valence-corrected chi connectivity index (χ1v) is 7.27. The van der Waals surface area contributed by atoms with Gasteiger partial charge in [-0.3, -0.25) is 4.98 Å². The number of aryl methyl sites for hydroxylation is 1. The number of pyridine rings is 1. The van der Waals surface area contributed by atoms with Crippen LogP contribution in [0.2, 0.25) is 0 Å². The molecule has 1 aliphatic carbocycles. The van der Waals surface area contributed by atoms with Crippen LogP contribution in [0.3, 0.4) is 0 Å². The van der Waals surface area contributed by atoms with Crippen LogP contribution in [0, 0.1) is 0 Å². The maximum absolute atomic E-state index is 5.89. The van der Waals surface area contributed by atoms with Gasteiger partial charge >= 0.3 is 0 Å². The van der Waals surface area contributed by atoms with Crippen molar-refractivity contribution in [2.75, 3.05) is 0 Å². The van der Waals surface area contributed by atoms with E-state index in [-0.39, 0.29) is 0 Å². The first kappa shape index (κ1) is 13.1. The Balaban J connectivity index is 1.67. The summed E-state index contributed by atoms with van der Waals surface area (Å²) in [7, 11) is 0. The largest absolute Gasteiger partial charge is 0.456 e. The van der Waals surface area contributed by atoms with Gasteiger partial charge in [-0.25, -0.2) is 0 Å². The summed E-state index contributed by atoms with van der Waals surface area (Å²) in [4.78, 5) is 4.26. The highest BCUT2D eigenvalue weighted by Gasteiger charge is 2.19. The number of aromatic nitrogens is 1. The molecule has 3 heteroatoms. The molecule has 1 N–H and O–H groups in total. The van der Waals surface area contributed by atoms with Gasteiger partial charge in [-0.15, -0.1) is 0 Å². The lowest BCUT2D eigenvalue weighted by Gasteiger charge is -2.08. The quantitative estimate of drug-likeness (QED) is 0.867. The molecule has 1 fully saturated rings. The van der Waals surface area contributed by atoms with Crippen LogP contribution < -0.4 is 10.1 Å². The van der Waals surface area contributed by atoms with Crippen molar-refractivity contribution in [2.45, 2.75) is 38.8 Å². The molecular formula is C17H20N2O. The van der Waals surface area contributed by atoms with Crippen molar-refractivity contribution in [3.63, 3.8) is 0 Å². The Labute approximate surface area is 120 Å². The van der Waals surface area contributed by atoms with E-state index < -0.39 is 0 Å². The molecule has 104 valence electrons. The Morgan fingerprint density at radius 3 is 2.80 bits per heavy atom. The molecule has 0 atom stereocenters. The molecule has 0 aliphatic heterocycles. The van der Waals surface area contributed by atoms with Crippen molar-refractivity contribution < 1.29 is 4.74 Å². The van der Waals surface area contributed by atoms with Gasteiger partial charge in [0.25, 0.3) is 0 Å². The van der Waals surface area contributed by atoms with E-state index in [1.54, 1.807) is 6.20 Å². The average Bonchev–Trinajstić information content (AvgIpc) is 3.30. The van der Waals surface area contributed by atoms with E-state index in [4.69, 9.17) is 4.74 Å². The van der Waals surface area contributed by atoms with E-state index in [0.29, 0.717) is 6.04 Å². The Hall–Kier alpha value is -1.87. The Morgan fingerprint density at radius 2 is 2.00 bits per heavy atom. The summed E-state index contributed by atoms with van der Waals surface area (Å²) < 4.78 is 5.89. The summed E-state index contributed by atoms with van der Waals surface area (Å²) in [5.74, 6) is 1.67. The van der Waals surface area contributed by atoms with Crippen molar-refractivity contribution >= 4 is 0 Å². The number of hydrogen-bond acceptors (Lipinski definition) is 3. The van der Waals surface area contributed by atoms with Gasteiger partial charge in [0, 0.05) is 18.8 Å². The SMILES string of the molecule is CCc1cccc(Oc2cncc(CNC3CC3)c2)c1. The second-order valence-corrected chi connectivity index (χ2v) is 5.29. The van der Waals surface area contributed by atoms with Crippen molar-refractivity contribution in [3.8, 4) is 11.5 Å². The van der Waals surface area contributed by atoms with Gasteiger partial charge in [-0.2, -0.15) is 0 Å². The van der Waals surface area contributed by atoms with E-state index in [9.17, 15) is 0 Å². The number of nitrogens with zero attached hydrogens (tertiary/aromatic N) is 1. The fraction of sp³-hybridized carbons (Fsp3) is 0.353. The normalized spacial score (nSPS) is 14.2. The van der Waals surface area contributed by atoms with E-state index >= 15 is 0 Å². The van der Waals surface area contributed by atoms with Crippen molar-refractivity contribution in [2.24, 2.45) is 0 Å². The second kappa shape index (κ2) is 6.06. The molecule has 0 bridgehead atoms. The third-order valence-corrected chi connectivity index (χ3v) is 3.48. The van der Waals surface area contributed by atoms with Crippen LogP contribution in [-0.2, 0) is 13.0 Å². The zero-order valence-corrected chi connectivity index (χ0v) is 11.8. The molecule has 1 heterocycles. The zero-order chi connectivity index (χ0) is 13.8. The van der Waals surface area contributed by atoms with Crippen LogP contribution in [0.4, 0.5) is 0 Å². The Kier molecular flexibility index (Phi) is 3.97. The fourth-order valence-electron chi connectivity index (χ4n) is 2.13. The molecule has 0 amide bonds. The topological polar surface area (TPSA) is 34.1 Å². The minimum Gasteiger partial charge on any atom is -0.456 e. The molecule has 1 aromatic carbocycles. The maximum Gasteiger partial charge on any atom is 0.146 e. The fourth-order valence-corrected chi connectivity index (χ4v) is 2.13. The number of nitrogens with one attached hydrogen (secondary N) is 1. The Morgan fingerprint density at radius 1 is 1.15 bits per heavy atom. The molecule has 0 radical (unpaired) electrons. The van der Waals surface area contributed by atoms with Crippen LogP contribution in [0.15, 0.2) is 42.7 Å². The van der Waals surface area contributed by atoms with Gasteiger partial charge in [-0.1, -0.05) is 19.1 Å². The van der Waals surface area contributed by atoms with Crippen molar-refractivity contribution in [1.82, 2.24) is 10.3 Å². The van der Waals surface area contributed by atoms with Crippen LogP contribution in [-0.4, -0.2) is 11.0 Å². The minimum absolute atomic E-state index is 0.709. The molecule has 3 rings (SSSR count). The van der Waals surface area contributed by atoms with E-state index in [1.165, 1.54) is 24.0 Å². The maximum atomic E-state index is 5.89. The average molecular weight is 268 g/mol. The van der Waals surface area contributed by atoms with E-state index in [1.807, 2.05) is 18.3 Å². The third-order valence-electron chi connectivity index (χ3n) is 3.48. The predicted molar refractivity (Wildman–Crippen MR) is 80.0 cm³/mol. The Bertz CT molecular complexity index is 579. The molecule has 1 saturated carbocycles. The number of benzene rings is 1. The highest BCUT2D eigenvalue weighted by molar-refractivity contribution is 5.34. The van der Waals surface area contributed by atoms with Gasteiger partial charge < -0.3 is 10.1 Å². The molecule has 3 nitrogen and oxygen atoms in total. The van der Waals surface area contributed by atoms with Crippen LogP contribution in [0.1, 0.15) is 30.9 Å². The molecule has 0 spiro atoms. The standard InChI is InChI=1S/C17H20N2O/c1-2-13-4-3-5-16(8-13)20-17-9-14(10-18-12-17)11-19-15-6-7-15/h3-5,8-10,12,15,19H,2,6-7,11H2,1H3. The highest BCUT2D eigenvalue weighted by Crippen LogP contribution is 2.23. The highest BCUT2D eigenvalue weighted by atomic mass is 16.5.